The number of rotatable bonds is 8. The molecule has 0 spiro atoms. The summed E-state index contributed by atoms with van der Waals surface area (Å²) in [6, 6.07) is 2.18. The third-order valence-corrected chi connectivity index (χ3v) is 7.85. The molecule has 0 bridgehead atoms. The Kier molecular flexibility index (Phi) is 7.79. The lowest BCUT2D eigenvalue weighted by molar-refractivity contribution is -0.258. The van der Waals surface area contributed by atoms with Gasteiger partial charge in [0.05, 0.1) is 20.5 Å². The summed E-state index contributed by atoms with van der Waals surface area (Å²) in [4.78, 5) is 31.6. The number of aliphatic hydroxyl groups is 2. The molecule has 0 saturated heterocycles. The van der Waals surface area contributed by atoms with Gasteiger partial charge in [0, 0.05) is 30.8 Å². The van der Waals surface area contributed by atoms with E-state index in [1.54, 1.807) is 13.8 Å². The Balaban J connectivity index is 2.10. The highest BCUT2D eigenvalue weighted by atomic mass is 35.5. The zero-order valence-electron chi connectivity index (χ0n) is 19.1. The molecule has 0 aliphatic heterocycles. The first-order valence-corrected chi connectivity index (χ1v) is 12.3. The number of aromatic nitrogens is 1. The molecule has 35 heavy (non-hydrogen) atoms. The normalized spacial score (nSPS) is 16.5. The maximum atomic E-state index is 13.4. The molecule has 1 aliphatic rings. The second-order valence-corrected chi connectivity index (χ2v) is 10.2. The summed E-state index contributed by atoms with van der Waals surface area (Å²) in [7, 11) is 0. The summed E-state index contributed by atoms with van der Waals surface area (Å²) >= 11 is 13.3. The molecule has 1 atom stereocenters. The van der Waals surface area contributed by atoms with Crippen LogP contribution >= 0.6 is 34.5 Å². The SMILES string of the molecule is CCN(CC)C(=O)c1nc(C(=O)NCC2(O)CC2)sc1-c1ccc(C(C)(O)C(F)(F)F)c(Cl)c1Cl. The van der Waals surface area contributed by atoms with Crippen LogP contribution in [-0.4, -0.2) is 63.3 Å². The fourth-order valence-electron chi connectivity index (χ4n) is 3.30. The molecule has 2 amide bonds. The number of thiazole rings is 1. The van der Waals surface area contributed by atoms with E-state index in [1.807, 2.05) is 0 Å². The van der Waals surface area contributed by atoms with Crippen LogP contribution in [0.2, 0.25) is 10.0 Å². The number of alkyl halides is 3. The number of carbonyl (C=O) groups is 2. The second kappa shape index (κ2) is 9.85. The molecule has 1 unspecified atom stereocenters. The molecule has 1 aromatic heterocycles. The highest BCUT2D eigenvalue weighted by Gasteiger charge is 2.52. The number of nitrogens with one attached hydrogen (secondary N) is 1. The number of amides is 2. The predicted molar refractivity (Wildman–Crippen MR) is 127 cm³/mol. The predicted octanol–water partition coefficient (Wildman–Crippen LogP) is 4.62. The summed E-state index contributed by atoms with van der Waals surface area (Å²) in [5, 5.41) is 21.7. The zero-order chi connectivity index (χ0) is 26.3. The lowest BCUT2D eigenvalue weighted by Gasteiger charge is -2.28. The van der Waals surface area contributed by atoms with Gasteiger partial charge in [0.1, 0.15) is 5.69 Å². The molecular formula is C22H24Cl2F3N3O4S. The van der Waals surface area contributed by atoms with Crippen molar-refractivity contribution in [2.75, 3.05) is 19.6 Å². The molecule has 1 saturated carbocycles. The van der Waals surface area contributed by atoms with Crippen molar-refractivity contribution in [3.8, 4) is 10.4 Å². The van der Waals surface area contributed by atoms with Crippen LogP contribution < -0.4 is 5.32 Å². The molecule has 1 aliphatic carbocycles. The molecule has 1 fully saturated rings. The van der Waals surface area contributed by atoms with E-state index in [1.165, 1.54) is 11.0 Å². The van der Waals surface area contributed by atoms with E-state index in [4.69, 9.17) is 23.2 Å². The van der Waals surface area contributed by atoms with Gasteiger partial charge in [-0.2, -0.15) is 13.2 Å². The van der Waals surface area contributed by atoms with Crippen molar-refractivity contribution in [1.82, 2.24) is 15.2 Å². The maximum Gasteiger partial charge on any atom is 0.421 e. The standard InChI is InChI=1S/C22H24Cl2F3N3O4S/c1-4-30(5-2)19(32)15-16(35-18(29-15)17(31)28-10-21(34)8-9-21)11-6-7-12(14(24)13(11)23)20(3,33)22(25,26)27/h6-7,33-34H,4-5,8-10H2,1-3H3,(H,28,31). The first kappa shape index (κ1) is 27.7. The van der Waals surface area contributed by atoms with Crippen LogP contribution in [0.3, 0.4) is 0 Å². The van der Waals surface area contributed by atoms with Crippen molar-refractivity contribution in [2.45, 2.75) is 51.0 Å². The largest absolute Gasteiger partial charge is 0.421 e. The lowest BCUT2D eigenvalue weighted by atomic mass is 9.94. The summed E-state index contributed by atoms with van der Waals surface area (Å²) in [6.45, 7) is 4.80. The van der Waals surface area contributed by atoms with Crippen molar-refractivity contribution in [3.05, 3.63) is 38.4 Å². The highest BCUT2D eigenvalue weighted by Crippen LogP contribution is 2.47. The van der Waals surface area contributed by atoms with E-state index in [-0.39, 0.29) is 32.7 Å². The summed E-state index contributed by atoms with van der Waals surface area (Å²) < 4.78 is 40.1. The van der Waals surface area contributed by atoms with E-state index >= 15 is 0 Å². The van der Waals surface area contributed by atoms with E-state index in [2.05, 4.69) is 10.3 Å². The third-order valence-electron chi connectivity index (χ3n) is 5.88. The summed E-state index contributed by atoms with van der Waals surface area (Å²) in [6.07, 6.45) is -3.90. The maximum absolute atomic E-state index is 13.4. The molecule has 1 heterocycles. The van der Waals surface area contributed by atoms with Gasteiger partial charge in [0.2, 0.25) is 0 Å². The Labute approximate surface area is 213 Å². The zero-order valence-corrected chi connectivity index (χ0v) is 21.4. The minimum absolute atomic E-state index is 0.0217. The van der Waals surface area contributed by atoms with E-state index < -0.39 is 39.8 Å². The monoisotopic (exact) mass is 553 g/mol. The number of hydrogen-bond donors (Lipinski definition) is 3. The average molecular weight is 554 g/mol. The number of halogens is 5. The topological polar surface area (TPSA) is 103 Å². The number of nitrogens with zero attached hydrogens (tertiary/aromatic N) is 2. The molecular weight excluding hydrogens is 530 g/mol. The minimum atomic E-state index is -5.02. The van der Waals surface area contributed by atoms with Gasteiger partial charge in [-0.1, -0.05) is 35.3 Å². The van der Waals surface area contributed by atoms with Crippen LogP contribution in [0.15, 0.2) is 12.1 Å². The van der Waals surface area contributed by atoms with Crippen LogP contribution in [0.25, 0.3) is 10.4 Å². The first-order valence-electron chi connectivity index (χ1n) is 10.8. The lowest BCUT2D eigenvalue weighted by Crippen LogP contribution is -2.39. The summed E-state index contributed by atoms with van der Waals surface area (Å²) in [5.74, 6) is -1.12. The van der Waals surface area contributed by atoms with Crippen molar-refractivity contribution in [2.24, 2.45) is 0 Å². The van der Waals surface area contributed by atoms with Crippen molar-refractivity contribution in [3.63, 3.8) is 0 Å². The molecule has 1 aromatic carbocycles. The molecule has 0 radical (unpaired) electrons. The Morgan fingerprint density at radius 1 is 1.20 bits per heavy atom. The van der Waals surface area contributed by atoms with Crippen LogP contribution in [0.5, 0.6) is 0 Å². The Morgan fingerprint density at radius 3 is 2.31 bits per heavy atom. The van der Waals surface area contributed by atoms with Gasteiger partial charge in [-0.25, -0.2) is 4.98 Å². The van der Waals surface area contributed by atoms with Crippen molar-refractivity contribution < 1.29 is 33.0 Å². The highest BCUT2D eigenvalue weighted by molar-refractivity contribution is 7.17. The number of benzene rings is 1. The van der Waals surface area contributed by atoms with Crippen LogP contribution in [0.4, 0.5) is 13.2 Å². The summed E-state index contributed by atoms with van der Waals surface area (Å²) in [5.41, 5.74) is -4.89. The van der Waals surface area contributed by atoms with Gasteiger partial charge in [-0.05, 0) is 33.6 Å². The van der Waals surface area contributed by atoms with Crippen LogP contribution in [-0.2, 0) is 5.60 Å². The Hall–Kier alpha value is -1.92. The van der Waals surface area contributed by atoms with E-state index in [0.29, 0.717) is 32.9 Å². The quantitative estimate of drug-likeness (QED) is 0.442. The fraction of sp³-hybridized carbons (Fsp3) is 0.500. The number of hydrogen-bond acceptors (Lipinski definition) is 6. The minimum Gasteiger partial charge on any atom is -0.388 e. The van der Waals surface area contributed by atoms with E-state index in [0.717, 1.165) is 17.4 Å². The third kappa shape index (κ3) is 5.43. The van der Waals surface area contributed by atoms with Gasteiger partial charge in [-0.3, -0.25) is 9.59 Å². The van der Waals surface area contributed by atoms with E-state index in [9.17, 15) is 33.0 Å². The van der Waals surface area contributed by atoms with Crippen molar-refractivity contribution in [1.29, 1.82) is 0 Å². The fourth-order valence-corrected chi connectivity index (χ4v) is 4.97. The van der Waals surface area contributed by atoms with Gasteiger partial charge in [0.25, 0.3) is 11.8 Å². The first-order chi connectivity index (χ1) is 16.2. The second-order valence-electron chi connectivity index (χ2n) is 8.44. The molecule has 13 heteroatoms. The molecule has 2 aromatic rings. The van der Waals surface area contributed by atoms with Gasteiger partial charge in [-0.15, -0.1) is 11.3 Å². The smallest absolute Gasteiger partial charge is 0.388 e. The van der Waals surface area contributed by atoms with Gasteiger partial charge >= 0.3 is 6.18 Å². The molecule has 7 nitrogen and oxygen atoms in total. The van der Waals surface area contributed by atoms with Crippen LogP contribution in [0, 0.1) is 0 Å². The molecule has 3 rings (SSSR count). The molecule has 192 valence electrons. The van der Waals surface area contributed by atoms with Gasteiger partial charge in [0.15, 0.2) is 10.6 Å². The molecule has 3 N–H and O–H groups in total. The van der Waals surface area contributed by atoms with Crippen LogP contribution in [0.1, 0.15) is 59.5 Å². The number of carbonyl (C=O) groups excluding carboxylic acids is 2. The Bertz CT molecular complexity index is 1150. The Morgan fingerprint density at radius 2 is 1.80 bits per heavy atom. The van der Waals surface area contributed by atoms with Crippen molar-refractivity contribution >= 4 is 46.4 Å². The average Bonchev–Trinajstić information content (AvgIpc) is 3.35. The van der Waals surface area contributed by atoms with Gasteiger partial charge < -0.3 is 20.4 Å².